The van der Waals surface area contributed by atoms with E-state index in [1.807, 2.05) is 82.5 Å². The summed E-state index contributed by atoms with van der Waals surface area (Å²) in [5.74, 6) is -6.87. The first-order chi connectivity index (χ1) is 38.4. The van der Waals surface area contributed by atoms with Crippen LogP contribution in [0.25, 0.3) is 0 Å². The lowest BCUT2D eigenvalue weighted by Gasteiger charge is -2.29. The van der Waals surface area contributed by atoms with Crippen LogP contribution in [0.4, 0.5) is 5.69 Å². The molecular weight excluding hydrogens is 1060 g/mol. The molecule has 2 aromatic rings. The Morgan fingerprint density at radius 3 is 1.72 bits per heavy atom. The lowest BCUT2D eigenvalue weighted by atomic mass is 9.97. The van der Waals surface area contributed by atoms with Crippen LogP contribution in [0.2, 0.25) is 0 Å². The van der Waals surface area contributed by atoms with Crippen LogP contribution in [0, 0.1) is 5.92 Å². The molecule has 1 fully saturated rings. The number of aliphatic carboxylic acids is 1. The van der Waals surface area contributed by atoms with Crippen LogP contribution in [0.1, 0.15) is 124 Å². The van der Waals surface area contributed by atoms with Gasteiger partial charge in [-0.25, -0.2) is 4.79 Å². The standard InChI is InChI=1S/C59H87N9O14/c1-12-37(2)51(54(76)63-43-21-20-40-14-13-15-41-31-44(56(78)79)68(52(40)41)55(43)77)64-47(71)33-60-46(70)32-61-53(75)42(22-23-48(72)80-57(3,4)5)62-45(69)30-38-16-18-39(19-17-38)34-65-24-26-66(35-49(73)81-58(6,7)8)28-29-67(27-25-65)36-50(74)82-59(9,10)11/h13-19,37,42-44,51H,12,20-36H2,1-11H3,(H,60,70)(H,61,75)(H,62,69)(H,63,76)(H,64,71)(H,78,79)/t37-,42-,43-,44-,51-/m0/s1. The molecule has 452 valence electrons. The van der Waals surface area contributed by atoms with E-state index in [0.29, 0.717) is 69.9 Å². The highest BCUT2D eigenvalue weighted by atomic mass is 16.6. The van der Waals surface area contributed by atoms with Gasteiger partial charge in [0.05, 0.1) is 38.3 Å². The SMILES string of the molecule is CC[C@H](C)[C@H](NC(=O)CNC(=O)CNC(=O)[C@H](CCC(=O)OC(C)(C)C)NC(=O)Cc1ccc(CN2CCN(CC(=O)OC(C)(C)C)CCN(CC(=O)OC(C)(C)C)CC2)cc1)C(=O)N[C@H]1CCc2cccc3c2N(C1=O)[C@H](C(=O)O)C3. The Balaban J connectivity index is 1.15. The molecule has 23 nitrogen and oxygen atoms in total. The second kappa shape index (κ2) is 29.3. The van der Waals surface area contributed by atoms with Crippen LogP contribution in [-0.2, 0) is 88.0 Å². The number of esters is 3. The molecule has 5 rings (SSSR count). The number of para-hydroxylation sites is 1. The predicted molar refractivity (Wildman–Crippen MR) is 304 cm³/mol. The van der Waals surface area contributed by atoms with Crippen molar-refractivity contribution in [3.8, 4) is 0 Å². The molecule has 0 bridgehead atoms. The number of carbonyl (C=O) groups is 10. The molecule has 0 saturated carbocycles. The zero-order valence-electron chi connectivity index (χ0n) is 49.7. The molecule has 3 aliphatic rings. The number of carbonyl (C=O) groups excluding carboxylic acids is 9. The second-order valence-corrected chi connectivity index (χ2v) is 24.5. The molecule has 82 heavy (non-hydrogen) atoms. The molecule has 0 unspecified atom stereocenters. The molecule has 3 aliphatic heterocycles. The molecule has 1 saturated heterocycles. The molecule has 5 atom stereocenters. The van der Waals surface area contributed by atoms with E-state index in [1.54, 1.807) is 45.9 Å². The maximum Gasteiger partial charge on any atom is 0.327 e. The van der Waals surface area contributed by atoms with Crippen molar-refractivity contribution in [3.05, 3.63) is 64.7 Å². The number of hydrogen-bond donors (Lipinski definition) is 6. The summed E-state index contributed by atoms with van der Waals surface area (Å²) in [6.07, 6.45) is 0.686. The number of rotatable bonds is 23. The molecule has 0 aromatic heterocycles. The summed E-state index contributed by atoms with van der Waals surface area (Å²) in [6.45, 7) is 22.6. The number of hydrogen-bond acceptors (Lipinski definition) is 16. The number of ether oxygens (including phenoxy) is 3. The van der Waals surface area contributed by atoms with Crippen molar-refractivity contribution >= 4 is 65.0 Å². The lowest BCUT2D eigenvalue weighted by Crippen LogP contribution is -2.58. The molecule has 0 aliphatic carbocycles. The topological polar surface area (TPSA) is 292 Å². The third kappa shape index (κ3) is 21.4. The van der Waals surface area contributed by atoms with Gasteiger partial charge in [-0.2, -0.15) is 0 Å². The largest absolute Gasteiger partial charge is 0.480 e. The number of nitrogens with zero attached hydrogens (tertiary/aromatic N) is 4. The van der Waals surface area contributed by atoms with Crippen LogP contribution in [-0.4, -0.2) is 186 Å². The van der Waals surface area contributed by atoms with Crippen LogP contribution in [0.15, 0.2) is 42.5 Å². The highest BCUT2D eigenvalue weighted by Gasteiger charge is 2.45. The third-order valence-electron chi connectivity index (χ3n) is 13.9. The average Bonchev–Trinajstić information content (AvgIpc) is 4.02. The summed E-state index contributed by atoms with van der Waals surface area (Å²) in [5, 5.41) is 23.0. The van der Waals surface area contributed by atoms with E-state index >= 15 is 0 Å². The number of anilines is 1. The second-order valence-electron chi connectivity index (χ2n) is 24.5. The lowest BCUT2D eigenvalue weighted by molar-refractivity contribution is -0.158. The minimum Gasteiger partial charge on any atom is -0.480 e. The fourth-order valence-corrected chi connectivity index (χ4v) is 9.83. The minimum atomic E-state index is -1.26. The fraction of sp³-hybridized carbons (Fsp3) is 0.627. The smallest absolute Gasteiger partial charge is 0.327 e. The van der Waals surface area contributed by atoms with Crippen molar-refractivity contribution in [3.63, 3.8) is 0 Å². The molecule has 6 amide bonds. The highest BCUT2D eigenvalue weighted by Crippen LogP contribution is 2.39. The Labute approximate surface area is 481 Å². The first kappa shape index (κ1) is 65.8. The van der Waals surface area contributed by atoms with Crippen LogP contribution < -0.4 is 31.5 Å². The van der Waals surface area contributed by atoms with Gasteiger partial charge in [-0.3, -0.25) is 62.8 Å². The normalized spacial score (nSPS) is 18.4. The predicted octanol–water partition coefficient (Wildman–Crippen LogP) is 2.18. The fourth-order valence-electron chi connectivity index (χ4n) is 9.83. The maximum absolute atomic E-state index is 13.9. The summed E-state index contributed by atoms with van der Waals surface area (Å²) in [5.41, 5.74) is 1.61. The number of carboxylic acid groups (broad SMARTS) is 1. The number of amides is 6. The van der Waals surface area contributed by atoms with Crippen molar-refractivity contribution < 1.29 is 67.3 Å². The van der Waals surface area contributed by atoms with Gasteiger partial charge in [0, 0.05) is 58.7 Å². The van der Waals surface area contributed by atoms with E-state index in [1.165, 1.54) is 4.90 Å². The molecular formula is C59H87N9O14. The summed E-state index contributed by atoms with van der Waals surface area (Å²) in [6, 6.07) is 8.27. The average molecular weight is 1150 g/mol. The van der Waals surface area contributed by atoms with Gasteiger partial charge in [0.15, 0.2) is 0 Å². The zero-order chi connectivity index (χ0) is 60.7. The summed E-state index contributed by atoms with van der Waals surface area (Å²) in [7, 11) is 0. The van der Waals surface area contributed by atoms with Gasteiger partial charge < -0.3 is 45.9 Å². The van der Waals surface area contributed by atoms with Gasteiger partial charge in [-0.1, -0.05) is 62.7 Å². The maximum atomic E-state index is 13.9. The Hall–Kier alpha value is -6.98. The molecule has 3 heterocycles. The van der Waals surface area contributed by atoms with Crippen LogP contribution >= 0.6 is 0 Å². The zero-order valence-corrected chi connectivity index (χ0v) is 49.7. The number of carboxylic acids is 1. The quantitative estimate of drug-likeness (QED) is 0.0687. The van der Waals surface area contributed by atoms with E-state index in [9.17, 15) is 53.1 Å². The Kier molecular flexibility index (Phi) is 23.5. The Morgan fingerprint density at radius 1 is 0.646 bits per heavy atom. The van der Waals surface area contributed by atoms with E-state index in [0.717, 1.165) is 16.7 Å². The van der Waals surface area contributed by atoms with E-state index in [2.05, 4.69) is 31.5 Å². The third-order valence-corrected chi connectivity index (χ3v) is 13.9. The van der Waals surface area contributed by atoms with Gasteiger partial charge in [0.1, 0.15) is 41.0 Å². The Morgan fingerprint density at radius 2 is 1.17 bits per heavy atom. The molecule has 23 heteroatoms. The minimum absolute atomic E-state index is 0.0942. The molecule has 2 aromatic carbocycles. The van der Waals surface area contributed by atoms with E-state index < -0.39 is 107 Å². The monoisotopic (exact) mass is 1150 g/mol. The van der Waals surface area contributed by atoms with Gasteiger partial charge >= 0.3 is 23.9 Å². The van der Waals surface area contributed by atoms with Crippen molar-refractivity contribution in [1.82, 2.24) is 41.3 Å². The Bertz CT molecular complexity index is 2580. The number of benzene rings is 2. The summed E-state index contributed by atoms with van der Waals surface area (Å²) < 4.78 is 16.7. The molecule has 6 N–H and O–H groups in total. The molecule has 0 radical (unpaired) electrons. The van der Waals surface area contributed by atoms with E-state index in [4.69, 9.17) is 14.2 Å². The summed E-state index contributed by atoms with van der Waals surface area (Å²) in [4.78, 5) is 139. The van der Waals surface area contributed by atoms with Crippen LogP contribution in [0.5, 0.6) is 0 Å². The first-order valence-electron chi connectivity index (χ1n) is 28.4. The summed E-state index contributed by atoms with van der Waals surface area (Å²) >= 11 is 0. The van der Waals surface area contributed by atoms with Crippen LogP contribution in [0.3, 0.4) is 0 Å². The van der Waals surface area contributed by atoms with Gasteiger partial charge in [0.25, 0.3) is 0 Å². The number of nitrogens with one attached hydrogen (secondary N) is 5. The van der Waals surface area contributed by atoms with Crippen molar-refractivity contribution in [2.45, 2.75) is 169 Å². The highest BCUT2D eigenvalue weighted by molar-refractivity contribution is 6.07. The van der Waals surface area contributed by atoms with Gasteiger partial charge in [0.2, 0.25) is 35.4 Å². The van der Waals surface area contributed by atoms with Crippen molar-refractivity contribution in [1.29, 1.82) is 0 Å². The van der Waals surface area contributed by atoms with Gasteiger partial charge in [-0.05, 0) is 110 Å². The van der Waals surface area contributed by atoms with Gasteiger partial charge in [-0.15, -0.1) is 0 Å². The van der Waals surface area contributed by atoms with Crippen molar-refractivity contribution in [2.75, 3.05) is 70.3 Å². The van der Waals surface area contributed by atoms with E-state index in [-0.39, 0.29) is 57.1 Å². The first-order valence-corrected chi connectivity index (χ1v) is 28.4. The van der Waals surface area contributed by atoms with Crippen molar-refractivity contribution in [2.24, 2.45) is 5.92 Å². The number of aryl methyl sites for hydroxylation is 1. The molecule has 0 spiro atoms.